The number of benzene rings is 2. The predicted molar refractivity (Wildman–Crippen MR) is 102 cm³/mol. The quantitative estimate of drug-likeness (QED) is 0.845. The van der Waals surface area contributed by atoms with Crippen LogP contribution in [0.25, 0.3) is 0 Å². The fraction of sp³-hybridized carbons (Fsp3) is 0.400. The van der Waals surface area contributed by atoms with Crippen molar-refractivity contribution in [1.29, 1.82) is 0 Å². The van der Waals surface area contributed by atoms with Crippen LogP contribution in [-0.2, 0) is 6.42 Å². The van der Waals surface area contributed by atoms with Gasteiger partial charge >= 0.3 is 0 Å². The number of halogens is 1. The zero-order valence-corrected chi connectivity index (χ0v) is 15.3. The summed E-state index contributed by atoms with van der Waals surface area (Å²) in [5.41, 5.74) is 9.10. The van der Waals surface area contributed by atoms with E-state index in [1.165, 1.54) is 33.8 Å². The second-order valence-corrected chi connectivity index (χ2v) is 8.43. The predicted octanol–water partition coefficient (Wildman–Crippen LogP) is 4.90. The van der Waals surface area contributed by atoms with Gasteiger partial charge in [0, 0.05) is 40.0 Å². The van der Waals surface area contributed by atoms with Crippen LogP contribution < -0.4 is 5.73 Å². The second-order valence-electron chi connectivity index (χ2n) is 6.85. The minimum atomic E-state index is 0.401. The highest BCUT2D eigenvalue weighted by molar-refractivity contribution is 7.99. The zero-order valence-electron chi connectivity index (χ0n) is 13.7. The smallest absolute Gasteiger partial charge is 0.0417 e. The molecule has 2 aliphatic rings. The van der Waals surface area contributed by atoms with Crippen LogP contribution in [0, 0.1) is 0 Å². The first-order valence-corrected chi connectivity index (χ1v) is 9.94. The van der Waals surface area contributed by atoms with Gasteiger partial charge in [-0.25, -0.2) is 0 Å². The van der Waals surface area contributed by atoms with Crippen LogP contribution in [0.3, 0.4) is 0 Å². The van der Waals surface area contributed by atoms with E-state index in [0.29, 0.717) is 12.1 Å². The SMILES string of the molecule is NC1CCN(C2CCc3cc(Sc4cccc(Cl)c4)ccc32)CC1. The van der Waals surface area contributed by atoms with Gasteiger partial charge in [0.15, 0.2) is 0 Å². The van der Waals surface area contributed by atoms with Gasteiger partial charge in [0.2, 0.25) is 0 Å². The molecule has 0 radical (unpaired) electrons. The van der Waals surface area contributed by atoms with Gasteiger partial charge in [-0.05, 0) is 67.1 Å². The van der Waals surface area contributed by atoms with Gasteiger partial charge in [0.05, 0.1) is 0 Å². The van der Waals surface area contributed by atoms with Crippen LogP contribution in [-0.4, -0.2) is 24.0 Å². The van der Waals surface area contributed by atoms with Crippen LogP contribution in [0.4, 0.5) is 0 Å². The molecule has 2 N–H and O–H groups in total. The Morgan fingerprint density at radius 1 is 1.00 bits per heavy atom. The van der Waals surface area contributed by atoms with Crippen molar-refractivity contribution in [2.24, 2.45) is 5.73 Å². The molecule has 1 aliphatic carbocycles. The molecule has 1 saturated heterocycles. The molecule has 2 aromatic carbocycles. The molecule has 126 valence electrons. The molecule has 0 amide bonds. The van der Waals surface area contributed by atoms with Crippen molar-refractivity contribution < 1.29 is 0 Å². The molecule has 1 atom stereocenters. The first kappa shape index (κ1) is 16.5. The topological polar surface area (TPSA) is 29.3 Å². The van der Waals surface area contributed by atoms with Crippen molar-refractivity contribution in [1.82, 2.24) is 4.90 Å². The van der Waals surface area contributed by atoms with Crippen LogP contribution >= 0.6 is 23.4 Å². The maximum Gasteiger partial charge on any atom is 0.0417 e. The Labute approximate surface area is 153 Å². The Balaban J connectivity index is 1.50. The second kappa shape index (κ2) is 7.09. The molecule has 4 heteroatoms. The van der Waals surface area contributed by atoms with E-state index >= 15 is 0 Å². The van der Waals surface area contributed by atoms with Gasteiger partial charge < -0.3 is 5.73 Å². The van der Waals surface area contributed by atoms with Gasteiger partial charge in [-0.1, -0.05) is 35.5 Å². The fourth-order valence-electron chi connectivity index (χ4n) is 3.91. The summed E-state index contributed by atoms with van der Waals surface area (Å²) < 4.78 is 0. The summed E-state index contributed by atoms with van der Waals surface area (Å²) in [6, 6.07) is 16.0. The largest absolute Gasteiger partial charge is 0.328 e. The number of likely N-dealkylation sites (tertiary alicyclic amines) is 1. The Morgan fingerprint density at radius 3 is 2.58 bits per heavy atom. The number of piperidine rings is 1. The van der Waals surface area contributed by atoms with Crippen molar-refractivity contribution in [2.45, 2.75) is 47.6 Å². The first-order chi connectivity index (χ1) is 11.7. The van der Waals surface area contributed by atoms with Crippen molar-refractivity contribution in [3.8, 4) is 0 Å². The molecule has 1 heterocycles. The average molecular weight is 359 g/mol. The minimum Gasteiger partial charge on any atom is -0.328 e. The number of aryl methyl sites for hydroxylation is 1. The van der Waals surface area contributed by atoms with Crippen LogP contribution in [0.1, 0.15) is 36.4 Å². The zero-order chi connectivity index (χ0) is 16.5. The van der Waals surface area contributed by atoms with E-state index in [-0.39, 0.29) is 0 Å². The van der Waals surface area contributed by atoms with E-state index in [2.05, 4.69) is 29.2 Å². The molecule has 0 saturated carbocycles. The standard InChI is InChI=1S/C20H23ClN2S/c21-15-2-1-3-17(13-15)24-18-5-6-19-14(12-18)4-7-20(19)23-10-8-16(22)9-11-23/h1-3,5-6,12-13,16,20H,4,7-11,22H2. The lowest BCUT2D eigenvalue weighted by molar-refractivity contribution is 0.153. The lowest BCUT2D eigenvalue weighted by atomic mass is 10.0. The van der Waals surface area contributed by atoms with E-state index in [4.69, 9.17) is 17.3 Å². The first-order valence-electron chi connectivity index (χ1n) is 8.75. The molecule has 2 aromatic rings. The molecular weight excluding hydrogens is 336 g/mol. The molecule has 2 nitrogen and oxygen atoms in total. The molecule has 0 aromatic heterocycles. The Hall–Kier alpha value is -1.00. The molecule has 1 unspecified atom stereocenters. The van der Waals surface area contributed by atoms with Crippen LogP contribution in [0.15, 0.2) is 52.3 Å². The van der Waals surface area contributed by atoms with Crippen molar-refractivity contribution >= 4 is 23.4 Å². The third-order valence-electron chi connectivity index (χ3n) is 5.21. The summed E-state index contributed by atoms with van der Waals surface area (Å²) in [6.45, 7) is 2.29. The van der Waals surface area contributed by atoms with Gasteiger partial charge in [-0.2, -0.15) is 0 Å². The highest BCUT2D eigenvalue weighted by Crippen LogP contribution is 2.40. The fourth-order valence-corrected chi connectivity index (χ4v) is 5.11. The highest BCUT2D eigenvalue weighted by Gasteiger charge is 2.30. The van der Waals surface area contributed by atoms with Gasteiger partial charge in [-0.15, -0.1) is 0 Å². The number of hydrogen-bond acceptors (Lipinski definition) is 3. The summed E-state index contributed by atoms with van der Waals surface area (Å²) in [5.74, 6) is 0. The number of rotatable bonds is 3. The summed E-state index contributed by atoms with van der Waals surface area (Å²) in [6.07, 6.45) is 4.70. The maximum absolute atomic E-state index is 6.09. The van der Waals surface area contributed by atoms with E-state index in [0.717, 1.165) is 31.0 Å². The minimum absolute atomic E-state index is 0.401. The van der Waals surface area contributed by atoms with Crippen molar-refractivity contribution in [3.05, 3.63) is 58.6 Å². The Morgan fingerprint density at radius 2 is 1.79 bits per heavy atom. The normalized spacial score (nSPS) is 21.8. The number of hydrogen-bond donors (Lipinski definition) is 1. The van der Waals surface area contributed by atoms with Gasteiger partial charge in [-0.3, -0.25) is 4.90 Å². The Bertz CT molecular complexity index is 725. The van der Waals surface area contributed by atoms with E-state index < -0.39 is 0 Å². The van der Waals surface area contributed by atoms with Crippen molar-refractivity contribution in [3.63, 3.8) is 0 Å². The molecule has 0 spiro atoms. The van der Waals surface area contributed by atoms with E-state index in [1.54, 1.807) is 11.8 Å². The van der Waals surface area contributed by atoms with Crippen LogP contribution in [0.2, 0.25) is 5.02 Å². The summed E-state index contributed by atoms with van der Waals surface area (Å²) in [5, 5.41) is 0.796. The third kappa shape index (κ3) is 3.50. The molecule has 1 fully saturated rings. The third-order valence-corrected chi connectivity index (χ3v) is 6.42. The van der Waals surface area contributed by atoms with Gasteiger partial charge in [0.25, 0.3) is 0 Å². The number of nitrogens with two attached hydrogens (primary N) is 1. The van der Waals surface area contributed by atoms with Crippen molar-refractivity contribution in [2.75, 3.05) is 13.1 Å². The average Bonchev–Trinajstić information content (AvgIpc) is 2.99. The molecule has 1 aliphatic heterocycles. The summed E-state index contributed by atoms with van der Waals surface area (Å²) in [4.78, 5) is 5.14. The number of nitrogens with zero attached hydrogens (tertiary/aromatic N) is 1. The maximum atomic E-state index is 6.09. The summed E-state index contributed by atoms with van der Waals surface area (Å²) in [7, 11) is 0. The molecular formula is C20H23ClN2S. The van der Waals surface area contributed by atoms with Gasteiger partial charge in [0.1, 0.15) is 0 Å². The lowest BCUT2D eigenvalue weighted by Crippen LogP contribution is -2.41. The summed E-state index contributed by atoms with van der Waals surface area (Å²) >= 11 is 7.88. The highest BCUT2D eigenvalue weighted by atomic mass is 35.5. The van der Waals surface area contributed by atoms with E-state index in [9.17, 15) is 0 Å². The molecule has 24 heavy (non-hydrogen) atoms. The molecule has 0 bridgehead atoms. The lowest BCUT2D eigenvalue weighted by Gasteiger charge is -2.35. The number of fused-ring (bicyclic) bond motifs is 1. The van der Waals surface area contributed by atoms with E-state index in [1.807, 2.05) is 18.2 Å². The Kier molecular flexibility index (Phi) is 4.86. The van der Waals surface area contributed by atoms with Crippen LogP contribution in [0.5, 0.6) is 0 Å². The monoisotopic (exact) mass is 358 g/mol. The molecule has 4 rings (SSSR count).